The zero-order valence-corrected chi connectivity index (χ0v) is 18.7. The molecule has 0 aliphatic rings. The molecule has 0 spiro atoms. The second-order valence-electron chi connectivity index (χ2n) is 7.47. The topological polar surface area (TPSA) is 86.0 Å². The van der Waals surface area contributed by atoms with Crippen molar-refractivity contribution in [2.24, 2.45) is 5.73 Å². The maximum atomic E-state index is 14.7. The minimum atomic E-state index is -0.546. The Bertz CT molecular complexity index is 1470. The highest BCUT2D eigenvalue weighted by atomic mass is 32.1. The van der Waals surface area contributed by atoms with Gasteiger partial charge in [0.05, 0.1) is 16.7 Å². The molecule has 0 saturated carbocycles. The molecule has 34 heavy (non-hydrogen) atoms. The van der Waals surface area contributed by atoms with Gasteiger partial charge in [-0.3, -0.25) is 0 Å². The second kappa shape index (κ2) is 9.50. The van der Waals surface area contributed by atoms with Crippen LogP contribution in [0.3, 0.4) is 0 Å². The van der Waals surface area contributed by atoms with Crippen molar-refractivity contribution >= 4 is 33.7 Å². The van der Waals surface area contributed by atoms with E-state index in [4.69, 9.17) is 10.5 Å². The van der Waals surface area contributed by atoms with E-state index >= 15 is 0 Å². The summed E-state index contributed by atoms with van der Waals surface area (Å²) in [5.41, 5.74) is 11.2. The van der Waals surface area contributed by atoms with Crippen molar-refractivity contribution in [2.45, 2.75) is 13.2 Å². The van der Waals surface area contributed by atoms with Gasteiger partial charge in [-0.2, -0.15) is 0 Å². The third-order valence-electron chi connectivity index (χ3n) is 5.21. The highest BCUT2D eigenvalue weighted by molar-refractivity contribution is 7.10. The van der Waals surface area contributed by atoms with Crippen LogP contribution < -0.4 is 15.8 Å². The Balaban J connectivity index is 1.39. The van der Waals surface area contributed by atoms with E-state index in [0.29, 0.717) is 23.6 Å². The number of anilines is 2. The summed E-state index contributed by atoms with van der Waals surface area (Å²) in [6.07, 6.45) is 1.45. The number of hydrogen-bond donors (Lipinski definition) is 2. The minimum Gasteiger partial charge on any atom is -0.486 e. The molecule has 0 radical (unpaired) electrons. The first-order valence-corrected chi connectivity index (χ1v) is 11.3. The van der Waals surface area contributed by atoms with Crippen LogP contribution in [0.5, 0.6) is 5.75 Å². The highest BCUT2D eigenvalue weighted by Crippen LogP contribution is 2.31. The van der Waals surface area contributed by atoms with Crippen LogP contribution in [0.25, 0.3) is 22.2 Å². The molecule has 0 atom stereocenters. The monoisotopic (exact) mass is 475 g/mol. The van der Waals surface area contributed by atoms with E-state index in [2.05, 4.69) is 20.3 Å². The molecule has 9 heteroatoms. The van der Waals surface area contributed by atoms with Crippen molar-refractivity contribution < 1.29 is 13.5 Å². The third-order valence-corrected chi connectivity index (χ3v) is 6.07. The van der Waals surface area contributed by atoms with Crippen molar-refractivity contribution in [3.8, 4) is 17.0 Å². The second-order valence-corrected chi connectivity index (χ2v) is 8.41. The van der Waals surface area contributed by atoms with Crippen LogP contribution in [-0.2, 0) is 13.2 Å². The van der Waals surface area contributed by atoms with Gasteiger partial charge in [-0.05, 0) is 42.0 Å². The van der Waals surface area contributed by atoms with Crippen LogP contribution >= 0.6 is 11.3 Å². The van der Waals surface area contributed by atoms with Gasteiger partial charge in [0.1, 0.15) is 24.6 Å². The Morgan fingerprint density at radius 2 is 1.88 bits per heavy atom. The van der Waals surface area contributed by atoms with Gasteiger partial charge in [0, 0.05) is 34.1 Å². The van der Waals surface area contributed by atoms with Gasteiger partial charge in [-0.15, -0.1) is 11.3 Å². The van der Waals surface area contributed by atoms with Crippen LogP contribution in [0.2, 0.25) is 0 Å². The van der Waals surface area contributed by atoms with Gasteiger partial charge in [0.2, 0.25) is 0 Å². The number of halogens is 2. The van der Waals surface area contributed by atoms with Gasteiger partial charge in [0.25, 0.3) is 0 Å². The Labute approximate surface area is 198 Å². The lowest BCUT2D eigenvalue weighted by atomic mass is 10.1. The summed E-state index contributed by atoms with van der Waals surface area (Å²) in [4.78, 5) is 14.1. The highest BCUT2D eigenvalue weighted by Gasteiger charge is 2.12. The molecule has 3 N–H and O–H groups in total. The standard InChI is InChI=1S/C25H19F2N5OS/c26-17-3-1-2-15(8-17)12-33-22-7-5-18(10-20(22)27)32-25-19-9-16(4-6-21(19)29-13-30-25)24-23(11-28)34-14-31-24/h1-10,13-14H,11-12,28H2,(H,29,30,32). The number of rotatable bonds is 7. The number of hydrogen-bond acceptors (Lipinski definition) is 7. The normalized spacial score (nSPS) is 11.0. The van der Waals surface area contributed by atoms with E-state index in [1.54, 1.807) is 23.7 Å². The molecule has 2 heterocycles. The molecular formula is C25H19F2N5OS. The van der Waals surface area contributed by atoms with E-state index in [-0.39, 0.29) is 18.2 Å². The zero-order valence-electron chi connectivity index (χ0n) is 17.8. The number of benzene rings is 3. The molecule has 0 unspecified atom stereocenters. The third kappa shape index (κ3) is 4.57. The first kappa shape index (κ1) is 21.9. The summed E-state index contributed by atoms with van der Waals surface area (Å²) in [5, 5.41) is 3.93. The van der Waals surface area contributed by atoms with Crippen molar-refractivity contribution in [1.82, 2.24) is 15.0 Å². The number of fused-ring (bicyclic) bond motifs is 1. The van der Waals surface area contributed by atoms with Gasteiger partial charge in [-0.25, -0.2) is 23.7 Å². The lowest BCUT2D eigenvalue weighted by Gasteiger charge is -2.12. The lowest BCUT2D eigenvalue weighted by Crippen LogP contribution is -2.00. The quantitative estimate of drug-likeness (QED) is 0.309. The van der Waals surface area contributed by atoms with Crippen LogP contribution in [0.4, 0.5) is 20.3 Å². The maximum Gasteiger partial charge on any atom is 0.167 e. The van der Waals surface area contributed by atoms with E-state index in [0.717, 1.165) is 27.0 Å². The molecule has 0 aliphatic heterocycles. The number of nitrogens with zero attached hydrogens (tertiary/aromatic N) is 3. The van der Waals surface area contributed by atoms with Gasteiger partial charge in [0.15, 0.2) is 11.6 Å². The molecule has 0 bridgehead atoms. The molecule has 3 aromatic carbocycles. The fourth-order valence-electron chi connectivity index (χ4n) is 3.57. The zero-order chi connectivity index (χ0) is 23.5. The minimum absolute atomic E-state index is 0.0577. The van der Waals surface area contributed by atoms with Crippen molar-refractivity contribution in [3.63, 3.8) is 0 Å². The van der Waals surface area contributed by atoms with Gasteiger partial charge >= 0.3 is 0 Å². The molecule has 0 amide bonds. The SMILES string of the molecule is NCc1scnc1-c1ccc2ncnc(Nc3ccc(OCc4cccc(F)c4)c(F)c3)c2c1. The molecule has 170 valence electrons. The number of thiazole rings is 1. The molecule has 0 fully saturated rings. The first-order valence-electron chi connectivity index (χ1n) is 10.4. The summed E-state index contributed by atoms with van der Waals surface area (Å²) < 4.78 is 33.5. The molecular weight excluding hydrogens is 456 g/mol. The summed E-state index contributed by atoms with van der Waals surface area (Å²) in [6.45, 7) is 0.462. The predicted molar refractivity (Wildman–Crippen MR) is 129 cm³/mol. The Kier molecular flexibility index (Phi) is 6.11. The lowest BCUT2D eigenvalue weighted by molar-refractivity contribution is 0.290. The van der Waals surface area contributed by atoms with Crippen LogP contribution in [0.15, 0.2) is 72.5 Å². The molecule has 0 saturated heterocycles. The summed E-state index contributed by atoms with van der Waals surface area (Å²) >= 11 is 1.51. The van der Waals surface area contributed by atoms with E-state index in [9.17, 15) is 8.78 Å². The number of ether oxygens (including phenoxy) is 1. The fourth-order valence-corrected chi connectivity index (χ4v) is 4.24. The predicted octanol–water partition coefficient (Wildman–Crippen LogP) is 5.81. The average Bonchev–Trinajstić information content (AvgIpc) is 3.33. The summed E-state index contributed by atoms with van der Waals surface area (Å²) in [6, 6.07) is 16.3. The summed E-state index contributed by atoms with van der Waals surface area (Å²) in [5.74, 6) is -0.308. The first-order chi connectivity index (χ1) is 16.6. The van der Waals surface area contributed by atoms with Crippen molar-refractivity contribution in [2.75, 3.05) is 5.32 Å². The molecule has 6 nitrogen and oxygen atoms in total. The van der Waals surface area contributed by atoms with Crippen LogP contribution in [0, 0.1) is 11.6 Å². The van der Waals surface area contributed by atoms with Gasteiger partial charge < -0.3 is 15.8 Å². The Morgan fingerprint density at radius 3 is 2.71 bits per heavy atom. The van der Waals surface area contributed by atoms with E-state index < -0.39 is 5.82 Å². The van der Waals surface area contributed by atoms with Gasteiger partial charge in [-0.1, -0.05) is 18.2 Å². The fraction of sp³-hybridized carbons (Fsp3) is 0.0800. The van der Waals surface area contributed by atoms with E-state index in [1.807, 2.05) is 18.2 Å². The number of aromatic nitrogens is 3. The van der Waals surface area contributed by atoms with Crippen molar-refractivity contribution in [3.05, 3.63) is 94.6 Å². The van der Waals surface area contributed by atoms with Crippen LogP contribution in [0.1, 0.15) is 10.4 Å². The smallest absolute Gasteiger partial charge is 0.167 e. The van der Waals surface area contributed by atoms with E-state index in [1.165, 1.54) is 41.9 Å². The molecule has 2 aromatic heterocycles. The largest absolute Gasteiger partial charge is 0.486 e. The Morgan fingerprint density at radius 1 is 0.971 bits per heavy atom. The number of nitrogens with one attached hydrogen (secondary N) is 1. The van der Waals surface area contributed by atoms with Crippen molar-refractivity contribution in [1.29, 1.82) is 0 Å². The molecule has 5 rings (SSSR count). The average molecular weight is 476 g/mol. The summed E-state index contributed by atoms with van der Waals surface area (Å²) in [7, 11) is 0. The Hall–Kier alpha value is -3.95. The number of nitrogens with two attached hydrogens (primary N) is 1. The van der Waals surface area contributed by atoms with Crippen LogP contribution in [-0.4, -0.2) is 15.0 Å². The maximum absolute atomic E-state index is 14.7. The molecule has 0 aliphatic carbocycles. The molecule has 5 aromatic rings.